The van der Waals surface area contributed by atoms with E-state index in [1.807, 2.05) is 47.5 Å². The maximum Gasteiger partial charge on any atom is 0.254 e. The second-order valence-corrected chi connectivity index (χ2v) is 12.1. The minimum atomic E-state index is -1.05. The van der Waals surface area contributed by atoms with E-state index in [0.717, 1.165) is 29.1 Å². The number of aryl methyl sites for hydroxylation is 1. The number of oxazole rings is 1. The van der Waals surface area contributed by atoms with Crippen LogP contribution in [0.2, 0.25) is 0 Å². The van der Waals surface area contributed by atoms with Gasteiger partial charge in [-0.05, 0) is 56.4 Å². The third-order valence-electron chi connectivity index (χ3n) is 8.11. The third-order valence-corrected chi connectivity index (χ3v) is 9.17. The summed E-state index contributed by atoms with van der Waals surface area (Å²) < 4.78 is 19.5. The van der Waals surface area contributed by atoms with Crippen molar-refractivity contribution >= 4 is 23.2 Å². The van der Waals surface area contributed by atoms with Crippen LogP contribution in [-0.2, 0) is 6.42 Å². The molecule has 2 aromatic carbocycles. The molecular weight excluding hydrogens is 569 g/mol. The van der Waals surface area contributed by atoms with Crippen LogP contribution < -0.4 is 10.6 Å². The van der Waals surface area contributed by atoms with Gasteiger partial charge in [0.1, 0.15) is 17.4 Å². The van der Waals surface area contributed by atoms with Crippen molar-refractivity contribution in [2.75, 3.05) is 13.1 Å². The van der Waals surface area contributed by atoms with Crippen LogP contribution >= 0.6 is 11.3 Å². The van der Waals surface area contributed by atoms with Gasteiger partial charge < -0.3 is 25.1 Å². The highest BCUT2D eigenvalue weighted by Gasteiger charge is 2.36. The number of thiazole rings is 1. The minimum absolute atomic E-state index is 0.127. The topological polar surface area (TPSA) is 121 Å². The number of benzene rings is 2. The van der Waals surface area contributed by atoms with Gasteiger partial charge in [0, 0.05) is 46.9 Å². The highest BCUT2D eigenvalue weighted by molar-refractivity contribution is 7.09. The first-order chi connectivity index (χ1) is 20.9. The number of alkyl halides is 1. The average Bonchev–Trinajstić information content (AvgIpc) is 3.84. The first kappa shape index (κ1) is 29.2. The molecule has 2 aromatic heterocycles. The van der Waals surface area contributed by atoms with E-state index in [9.17, 15) is 19.1 Å². The van der Waals surface area contributed by atoms with Gasteiger partial charge in [-0.25, -0.2) is 14.4 Å². The number of aliphatic hydroxyl groups excluding tert-OH is 1. The molecule has 0 spiro atoms. The number of rotatable bonds is 9. The number of likely N-dealkylation sites (tertiary alicyclic amines) is 1. The van der Waals surface area contributed by atoms with Crippen molar-refractivity contribution in [2.24, 2.45) is 0 Å². The number of hydrogen-bond donors (Lipinski definition) is 3. The van der Waals surface area contributed by atoms with Gasteiger partial charge in [0.25, 0.3) is 11.8 Å². The molecule has 43 heavy (non-hydrogen) atoms. The van der Waals surface area contributed by atoms with Crippen molar-refractivity contribution in [2.45, 2.75) is 63.0 Å². The molecule has 1 unspecified atom stereocenters. The zero-order chi connectivity index (χ0) is 29.9. The van der Waals surface area contributed by atoms with Gasteiger partial charge in [-0.1, -0.05) is 30.3 Å². The zero-order valence-corrected chi connectivity index (χ0v) is 24.6. The Labute approximate surface area is 253 Å². The molecule has 3 N–H and O–H groups in total. The minimum Gasteiger partial charge on any atom is -0.445 e. The number of carbonyl (C=O) groups is 2. The SMILES string of the molecule is Cc1csc([C@H]2CCCN2C(=O)c2cc(C(=O)NC(Cc3ccccc3)[C@H](O)[C@H]3C[C@H](F)CN3)cc(-c3ncco3)c2)n1. The predicted octanol–water partition coefficient (Wildman–Crippen LogP) is 4.49. The normalized spacial score (nSPS) is 21.6. The van der Waals surface area contributed by atoms with Crippen molar-refractivity contribution in [3.8, 4) is 11.5 Å². The van der Waals surface area contributed by atoms with Crippen LogP contribution in [0, 0.1) is 6.92 Å². The monoisotopic (exact) mass is 603 g/mol. The number of aliphatic hydroxyl groups is 1. The number of aromatic nitrogens is 2. The Kier molecular flexibility index (Phi) is 8.64. The molecule has 2 fully saturated rings. The van der Waals surface area contributed by atoms with Crippen molar-refractivity contribution < 1.29 is 23.5 Å². The first-order valence-electron chi connectivity index (χ1n) is 14.5. The summed E-state index contributed by atoms with van der Waals surface area (Å²) in [5, 5.41) is 20.2. The number of halogens is 1. The summed E-state index contributed by atoms with van der Waals surface area (Å²) >= 11 is 1.55. The lowest BCUT2D eigenvalue weighted by atomic mass is 9.94. The van der Waals surface area contributed by atoms with Crippen LogP contribution in [0.25, 0.3) is 11.5 Å². The van der Waals surface area contributed by atoms with E-state index in [1.165, 1.54) is 12.5 Å². The summed E-state index contributed by atoms with van der Waals surface area (Å²) in [5.74, 6) is -0.393. The molecule has 224 valence electrons. The second-order valence-electron chi connectivity index (χ2n) is 11.2. The molecule has 9 nitrogen and oxygen atoms in total. The number of amides is 2. The standard InChI is InChI=1S/C32H34FN5O4S/c1-19-18-43-31(36-19)27-8-5-10-38(27)32(41)23-14-21(13-22(15-23)30-34-9-11-42-30)29(40)37-26(12-20-6-3-2-4-7-20)28(39)25-16-24(33)17-35-25/h2-4,6-7,9,11,13-15,18,24-28,35,39H,5,8,10,12,16-17H2,1H3,(H,37,40)/t24-,25+,26?,27+,28+/m0/s1. The average molecular weight is 604 g/mol. The Balaban J connectivity index is 1.30. The van der Waals surface area contributed by atoms with Crippen LogP contribution in [-0.4, -0.2) is 69.2 Å². The Morgan fingerprint density at radius 1 is 1.23 bits per heavy atom. The van der Waals surface area contributed by atoms with Gasteiger partial charge in [-0.2, -0.15) is 0 Å². The fraction of sp³-hybridized carbons (Fsp3) is 0.375. The van der Waals surface area contributed by atoms with Gasteiger partial charge in [-0.15, -0.1) is 11.3 Å². The van der Waals surface area contributed by atoms with Gasteiger partial charge in [0.15, 0.2) is 0 Å². The lowest BCUT2D eigenvalue weighted by molar-refractivity contribution is 0.0728. The van der Waals surface area contributed by atoms with Crippen molar-refractivity contribution in [1.29, 1.82) is 0 Å². The van der Waals surface area contributed by atoms with Crippen LogP contribution in [0.1, 0.15) is 62.3 Å². The van der Waals surface area contributed by atoms with Crippen LogP contribution in [0.4, 0.5) is 4.39 Å². The summed E-state index contributed by atoms with van der Waals surface area (Å²) in [6.45, 7) is 2.68. The third kappa shape index (κ3) is 6.53. The van der Waals surface area contributed by atoms with E-state index in [4.69, 9.17) is 4.42 Å². The van der Waals surface area contributed by atoms with Gasteiger partial charge >= 0.3 is 0 Å². The summed E-state index contributed by atoms with van der Waals surface area (Å²) in [5.41, 5.74) is 2.89. The molecule has 2 aliphatic heterocycles. The van der Waals surface area contributed by atoms with E-state index in [1.54, 1.807) is 29.5 Å². The molecule has 0 bridgehead atoms. The van der Waals surface area contributed by atoms with Gasteiger partial charge in [0.2, 0.25) is 5.89 Å². The summed E-state index contributed by atoms with van der Waals surface area (Å²) in [4.78, 5) is 38.5. The summed E-state index contributed by atoms with van der Waals surface area (Å²) in [6, 6.07) is 13.1. The number of nitrogens with one attached hydrogen (secondary N) is 2. The van der Waals surface area contributed by atoms with E-state index in [-0.39, 0.29) is 36.4 Å². The van der Waals surface area contributed by atoms with Crippen LogP contribution in [0.5, 0.6) is 0 Å². The molecule has 4 aromatic rings. The molecule has 4 heterocycles. The fourth-order valence-electron chi connectivity index (χ4n) is 5.97. The largest absolute Gasteiger partial charge is 0.445 e. The molecule has 0 saturated carbocycles. The smallest absolute Gasteiger partial charge is 0.254 e. The molecule has 2 amide bonds. The van der Waals surface area contributed by atoms with E-state index >= 15 is 0 Å². The molecule has 6 rings (SSSR count). The molecule has 11 heteroatoms. The lowest BCUT2D eigenvalue weighted by Crippen LogP contribution is -2.52. The molecule has 2 saturated heterocycles. The van der Waals surface area contributed by atoms with Gasteiger partial charge in [0.05, 0.1) is 24.4 Å². The van der Waals surface area contributed by atoms with E-state index in [2.05, 4.69) is 20.6 Å². The maximum absolute atomic E-state index is 14.0. The van der Waals surface area contributed by atoms with Crippen LogP contribution in [0.3, 0.4) is 0 Å². The van der Waals surface area contributed by atoms with E-state index < -0.39 is 30.3 Å². The number of nitrogens with zero attached hydrogens (tertiary/aromatic N) is 3. The first-order valence-corrected chi connectivity index (χ1v) is 15.4. The maximum atomic E-state index is 14.0. The quantitative estimate of drug-likeness (QED) is 0.258. The van der Waals surface area contributed by atoms with Gasteiger partial charge in [-0.3, -0.25) is 9.59 Å². The zero-order valence-electron chi connectivity index (χ0n) is 23.8. The Morgan fingerprint density at radius 2 is 2.05 bits per heavy atom. The van der Waals surface area contributed by atoms with Crippen LogP contribution in [0.15, 0.2) is 70.8 Å². The highest BCUT2D eigenvalue weighted by Crippen LogP contribution is 2.35. The van der Waals surface area contributed by atoms with Crippen molar-refractivity contribution in [3.05, 3.63) is 93.8 Å². The molecule has 0 radical (unpaired) electrons. The Morgan fingerprint density at radius 3 is 2.74 bits per heavy atom. The summed E-state index contributed by atoms with van der Waals surface area (Å²) in [6.07, 6.45) is 3.03. The highest BCUT2D eigenvalue weighted by atomic mass is 32.1. The molecule has 2 aliphatic rings. The second kappa shape index (κ2) is 12.7. The summed E-state index contributed by atoms with van der Waals surface area (Å²) in [7, 11) is 0. The Bertz CT molecular complexity index is 1560. The molecular formula is C32H34FN5O4S. The number of carbonyl (C=O) groups excluding carboxylic acids is 2. The molecule has 0 aliphatic carbocycles. The van der Waals surface area contributed by atoms with E-state index in [0.29, 0.717) is 24.1 Å². The Hall–Kier alpha value is -3.93. The lowest BCUT2D eigenvalue weighted by Gasteiger charge is -2.29. The van der Waals surface area contributed by atoms with Crippen molar-refractivity contribution in [3.63, 3.8) is 0 Å². The predicted molar refractivity (Wildman–Crippen MR) is 161 cm³/mol. The van der Waals surface area contributed by atoms with Crippen molar-refractivity contribution in [1.82, 2.24) is 25.5 Å². The fourth-order valence-corrected chi connectivity index (χ4v) is 6.91. The molecule has 5 atom stereocenters. The number of hydrogen-bond acceptors (Lipinski definition) is 8.